The zero-order valence-corrected chi connectivity index (χ0v) is 22.4. The molecular weight excluding hydrogens is 440 g/mol. The molecule has 2 rings (SSSR count). The van der Waals surface area contributed by atoms with Gasteiger partial charge in [0.25, 0.3) is 0 Å². The molecule has 1 heterocycles. The Kier molecular flexibility index (Phi) is 13.1. The van der Waals surface area contributed by atoms with Gasteiger partial charge in [0, 0.05) is 6.07 Å². The zero-order chi connectivity index (χ0) is 25.5. The van der Waals surface area contributed by atoms with Crippen molar-refractivity contribution in [3.8, 4) is 17.2 Å². The van der Waals surface area contributed by atoms with E-state index in [0.717, 1.165) is 19.3 Å². The first kappa shape index (κ1) is 28.5. The molecule has 5 heteroatoms. The molecule has 0 unspecified atom stereocenters. The first-order chi connectivity index (χ1) is 17.0. The van der Waals surface area contributed by atoms with E-state index in [9.17, 15) is 4.79 Å². The summed E-state index contributed by atoms with van der Waals surface area (Å²) in [6.07, 6.45) is 16.3. The van der Waals surface area contributed by atoms with Crippen LogP contribution in [0.4, 0.5) is 0 Å². The number of hydrogen-bond donors (Lipinski definition) is 0. The molecule has 0 spiro atoms. The van der Waals surface area contributed by atoms with Crippen LogP contribution in [0.1, 0.15) is 91.9 Å². The molecule has 0 atom stereocenters. The number of hydrogen-bond acceptors (Lipinski definition) is 5. The SMILES string of the molecule is CCCCCCCCCCOc1ccc2c(OC/C=C(\C)CCC=C(C)C)c(OC)c(=O)oc2c1. The summed E-state index contributed by atoms with van der Waals surface area (Å²) in [5, 5.41) is 0.691. The van der Waals surface area contributed by atoms with E-state index in [1.807, 2.05) is 18.2 Å². The average molecular weight is 485 g/mol. The lowest BCUT2D eigenvalue weighted by molar-refractivity contribution is 0.303. The summed E-state index contributed by atoms with van der Waals surface area (Å²) in [5.41, 5.74) is 2.44. The predicted octanol–water partition coefficient (Wildman–Crippen LogP) is 8.39. The van der Waals surface area contributed by atoms with Crippen molar-refractivity contribution in [1.29, 1.82) is 0 Å². The smallest absolute Gasteiger partial charge is 0.383 e. The van der Waals surface area contributed by atoms with E-state index in [1.54, 1.807) is 6.07 Å². The van der Waals surface area contributed by atoms with Gasteiger partial charge in [-0.2, -0.15) is 0 Å². The van der Waals surface area contributed by atoms with Gasteiger partial charge < -0.3 is 18.6 Å². The first-order valence-corrected chi connectivity index (χ1v) is 13.2. The van der Waals surface area contributed by atoms with E-state index in [2.05, 4.69) is 33.8 Å². The van der Waals surface area contributed by atoms with Crippen molar-refractivity contribution in [2.24, 2.45) is 0 Å². The van der Waals surface area contributed by atoms with Crippen LogP contribution in [0.2, 0.25) is 0 Å². The molecule has 0 aliphatic rings. The van der Waals surface area contributed by atoms with E-state index < -0.39 is 5.63 Å². The van der Waals surface area contributed by atoms with Crippen molar-refractivity contribution < 1.29 is 18.6 Å². The van der Waals surface area contributed by atoms with Crippen molar-refractivity contribution in [1.82, 2.24) is 0 Å². The van der Waals surface area contributed by atoms with Gasteiger partial charge in [-0.25, -0.2) is 4.79 Å². The van der Waals surface area contributed by atoms with Crippen LogP contribution in [0, 0.1) is 0 Å². The molecule has 0 aliphatic carbocycles. The van der Waals surface area contributed by atoms with Gasteiger partial charge in [-0.1, -0.05) is 69.1 Å². The number of methoxy groups -OCH3 is 1. The molecule has 0 radical (unpaired) electrons. The summed E-state index contributed by atoms with van der Waals surface area (Å²) < 4.78 is 22.7. The topological polar surface area (TPSA) is 57.9 Å². The molecule has 194 valence electrons. The first-order valence-electron chi connectivity index (χ1n) is 13.2. The third kappa shape index (κ3) is 10.2. The second kappa shape index (κ2) is 16.1. The van der Waals surface area contributed by atoms with E-state index in [-0.39, 0.29) is 5.75 Å². The van der Waals surface area contributed by atoms with Gasteiger partial charge in [-0.3, -0.25) is 0 Å². The summed E-state index contributed by atoms with van der Waals surface area (Å²) in [5.74, 6) is 1.18. The third-order valence-electron chi connectivity index (χ3n) is 6.01. The Hall–Kier alpha value is -2.69. The van der Waals surface area contributed by atoms with Crippen LogP contribution in [0.25, 0.3) is 11.0 Å². The molecule has 0 aliphatic heterocycles. The summed E-state index contributed by atoms with van der Waals surface area (Å²) >= 11 is 0. The molecule has 0 fully saturated rings. The van der Waals surface area contributed by atoms with Gasteiger partial charge in [-0.05, 0) is 58.2 Å². The van der Waals surface area contributed by atoms with Crippen LogP contribution in [0.15, 0.2) is 50.7 Å². The van der Waals surface area contributed by atoms with E-state index in [4.69, 9.17) is 18.6 Å². The largest absolute Gasteiger partial charge is 0.493 e. The highest BCUT2D eigenvalue weighted by atomic mass is 16.5. The molecular formula is C30H44O5. The predicted molar refractivity (Wildman–Crippen MR) is 145 cm³/mol. The summed E-state index contributed by atoms with van der Waals surface area (Å²) in [4.78, 5) is 12.5. The highest BCUT2D eigenvalue weighted by molar-refractivity contribution is 5.86. The van der Waals surface area contributed by atoms with Crippen LogP contribution in [0.3, 0.4) is 0 Å². The number of fused-ring (bicyclic) bond motifs is 1. The maximum absolute atomic E-state index is 12.5. The van der Waals surface area contributed by atoms with Crippen molar-refractivity contribution in [3.05, 3.63) is 51.9 Å². The normalized spacial score (nSPS) is 11.5. The second-order valence-corrected chi connectivity index (χ2v) is 9.41. The Morgan fingerprint density at radius 2 is 1.63 bits per heavy atom. The van der Waals surface area contributed by atoms with Crippen LogP contribution in [-0.4, -0.2) is 20.3 Å². The minimum atomic E-state index is -0.556. The molecule has 0 N–H and O–H groups in total. The fourth-order valence-corrected chi connectivity index (χ4v) is 3.93. The summed E-state index contributed by atoms with van der Waals surface area (Å²) in [6, 6.07) is 5.51. The maximum atomic E-state index is 12.5. The molecule has 35 heavy (non-hydrogen) atoms. The highest BCUT2D eigenvalue weighted by Gasteiger charge is 2.17. The summed E-state index contributed by atoms with van der Waals surface area (Å²) in [6.45, 7) is 9.55. The van der Waals surface area contributed by atoms with Crippen LogP contribution in [0.5, 0.6) is 17.2 Å². The molecule has 2 aromatic rings. The van der Waals surface area contributed by atoms with Crippen molar-refractivity contribution >= 4 is 11.0 Å². The Labute approximate surface area is 211 Å². The lowest BCUT2D eigenvalue weighted by Crippen LogP contribution is -2.08. The van der Waals surface area contributed by atoms with Crippen molar-refractivity contribution in [2.75, 3.05) is 20.3 Å². The second-order valence-electron chi connectivity index (χ2n) is 9.41. The number of ether oxygens (including phenoxy) is 3. The quantitative estimate of drug-likeness (QED) is 0.128. The Balaban J connectivity index is 1.97. The van der Waals surface area contributed by atoms with Crippen LogP contribution >= 0.6 is 0 Å². The van der Waals surface area contributed by atoms with Gasteiger partial charge in [0.15, 0.2) is 5.75 Å². The standard InChI is InChI=1S/C30H44O5/c1-6-7-8-9-10-11-12-13-20-33-25-17-18-26-27(22-25)35-30(31)29(32-5)28(26)34-21-19-24(4)16-14-15-23(2)3/h15,17-19,22H,6-14,16,20-21H2,1-5H3/b24-19+. The van der Waals surface area contributed by atoms with Crippen LogP contribution in [-0.2, 0) is 0 Å². The van der Waals surface area contributed by atoms with Gasteiger partial charge in [0.05, 0.1) is 19.1 Å². The summed E-state index contributed by atoms with van der Waals surface area (Å²) in [7, 11) is 1.45. The van der Waals surface area contributed by atoms with Crippen molar-refractivity contribution in [2.45, 2.75) is 91.9 Å². The maximum Gasteiger partial charge on any atom is 0.383 e. The van der Waals surface area contributed by atoms with E-state index in [1.165, 1.54) is 63.2 Å². The molecule has 0 bridgehead atoms. The van der Waals surface area contributed by atoms with E-state index in [0.29, 0.717) is 35.7 Å². The minimum Gasteiger partial charge on any atom is -0.493 e. The zero-order valence-electron chi connectivity index (χ0n) is 22.4. The van der Waals surface area contributed by atoms with E-state index >= 15 is 0 Å². The minimum absolute atomic E-state index is 0.0840. The number of unbranched alkanes of at least 4 members (excludes halogenated alkanes) is 7. The van der Waals surface area contributed by atoms with Gasteiger partial charge in [-0.15, -0.1) is 0 Å². The number of allylic oxidation sites excluding steroid dienone is 3. The Morgan fingerprint density at radius 3 is 2.31 bits per heavy atom. The number of benzene rings is 1. The van der Waals surface area contributed by atoms with Gasteiger partial charge in [0.2, 0.25) is 5.75 Å². The molecule has 5 nitrogen and oxygen atoms in total. The molecule has 1 aromatic carbocycles. The third-order valence-corrected chi connectivity index (χ3v) is 6.01. The average Bonchev–Trinajstić information content (AvgIpc) is 2.82. The Morgan fingerprint density at radius 1 is 0.914 bits per heavy atom. The number of rotatable bonds is 17. The van der Waals surface area contributed by atoms with Crippen molar-refractivity contribution in [3.63, 3.8) is 0 Å². The highest BCUT2D eigenvalue weighted by Crippen LogP contribution is 2.34. The Bertz CT molecular complexity index is 1010. The van der Waals surface area contributed by atoms with Gasteiger partial charge >= 0.3 is 5.63 Å². The molecule has 0 amide bonds. The molecule has 1 aromatic heterocycles. The lowest BCUT2D eigenvalue weighted by atomic mass is 10.1. The van der Waals surface area contributed by atoms with Crippen LogP contribution < -0.4 is 19.8 Å². The fraction of sp³-hybridized carbons (Fsp3) is 0.567. The fourth-order valence-electron chi connectivity index (χ4n) is 3.93. The molecule has 0 saturated heterocycles. The molecule has 0 saturated carbocycles. The monoisotopic (exact) mass is 484 g/mol. The van der Waals surface area contributed by atoms with Gasteiger partial charge in [0.1, 0.15) is 17.9 Å². The lowest BCUT2D eigenvalue weighted by Gasteiger charge is -2.12.